The summed E-state index contributed by atoms with van der Waals surface area (Å²) in [4.78, 5) is 16.7. The lowest BCUT2D eigenvalue weighted by molar-refractivity contribution is -0.145. The highest BCUT2D eigenvalue weighted by atomic mass is 32.1. The number of amides is 1. The van der Waals surface area contributed by atoms with E-state index < -0.39 is 29.4 Å². The van der Waals surface area contributed by atoms with Crippen LogP contribution in [0.3, 0.4) is 0 Å². The molecular formula is C20H21F3N4OS. The smallest absolute Gasteiger partial charge is 0.352 e. The van der Waals surface area contributed by atoms with Gasteiger partial charge in [0.1, 0.15) is 0 Å². The van der Waals surface area contributed by atoms with Crippen LogP contribution in [-0.4, -0.2) is 27.2 Å². The molecule has 0 unspecified atom stereocenters. The van der Waals surface area contributed by atoms with Crippen molar-refractivity contribution in [3.8, 4) is 11.3 Å². The van der Waals surface area contributed by atoms with E-state index in [2.05, 4.69) is 15.4 Å². The molecule has 0 saturated heterocycles. The van der Waals surface area contributed by atoms with Crippen LogP contribution in [0.15, 0.2) is 35.8 Å². The second kappa shape index (κ2) is 8.36. The summed E-state index contributed by atoms with van der Waals surface area (Å²) in [5, 5.41) is 9.28. The third-order valence-corrected chi connectivity index (χ3v) is 5.14. The van der Waals surface area contributed by atoms with Crippen LogP contribution < -0.4 is 5.32 Å². The van der Waals surface area contributed by atoms with Crippen molar-refractivity contribution in [3.63, 3.8) is 0 Å². The van der Waals surface area contributed by atoms with E-state index in [0.717, 1.165) is 32.7 Å². The summed E-state index contributed by atoms with van der Waals surface area (Å²) in [5.74, 6) is -0.779. The Morgan fingerprint density at radius 1 is 1.24 bits per heavy atom. The van der Waals surface area contributed by atoms with Crippen molar-refractivity contribution in [2.75, 3.05) is 6.54 Å². The molecule has 0 aliphatic carbocycles. The van der Waals surface area contributed by atoms with Gasteiger partial charge >= 0.3 is 6.18 Å². The largest absolute Gasteiger partial charge is 0.433 e. The molecule has 0 bridgehead atoms. The fraction of sp³-hybridized carbons (Fsp3) is 0.350. The predicted octanol–water partition coefficient (Wildman–Crippen LogP) is 4.89. The Kier molecular flexibility index (Phi) is 6.07. The normalized spacial score (nSPS) is 11.8. The summed E-state index contributed by atoms with van der Waals surface area (Å²) in [7, 11) is 0. The summed E-state index contributed by atoms with van der Waals surface area (Å²) < 4.78 is 41.0. The maximum absolute atomic E-state index is 13.4. The number of carbonyl (C=O) groups is 1. The standard InChI is InChI=1S/C20H21F3N4OS/c1-12(2)27-18(20(21,22)23)16(10-25-27)19(28)24-9-8-14-4-6-15(7-5-14)17-11-29-13(3)26-17/h4-7,10-12H,8-9H2,1-3H3,(H,24,28). The highest BCUT2D eigenvalue weighted by Crippen LogP contribution is 2.33. The third-order valence-electron chi connectivity index (χ3n) is 4.37. The average molecular weight is 422 g/mol. The number of rotatable bonds is 6. The second-order valence-corrected chi connectivity index (χ2v) is 7.96. The van der Waals surface area contributed by atoms with Gasteiger partial charge in [0.25, 0.3) is 5.91 Å². The molecule has 1 aromatic carbocycles. The molecule has 0 saturated carbocycles. The molecule has 9 heteroatoms. The molecule has 3 aromatic rings. The molecule has 5 nitrogen and oxygen atoms in total. The van der Waals surface area contributed by atoms with Crippen molar-refractivity contribution in [2.45, 2.75) is 39.4 Å². The van der Waals surface area contributed by atoms with Crippen molar-refractivity contribution in [2.24, 2.45) is 0 Å². The molecule has 154 valence electrons. The maximum atomic E-state index is 13.4. The van der Waals surface area contributed by atoms with Crippen LogP contribution in [0.4, 0.5) is 13.2 Å². The number of thiazole rings is 1. The summed E-state index contributed by atoms with van der Waals surface area (Å²) in [6, 6.07) is 7.23. The van der Waals surface area contributed by atoms with Gasteiger partial charge in [-0.3, -0.25) is 9.48 Å². The molecule has 1 N–H and O–H groups in total. The van der Waals surface area contributed by atoms with Crippen molar-refractivity contribution >= 4 is 17.2 Å². The SMILES string of the molecule is Cc1nc(-c2ccc(CCNC(=O)c3cnn(C(C)C)c3C(F)(F)F)cc2)cs1. The van der Waals surface area contributed by atoms with Crippen LogP contribution >= 0.6 is 11.3 Å². The molecule has 0 fully saturated rings. The van der Waals surface area contributed by atoms with Crippen LogP contribution in [0.5, 0.6) is 0 Å². The Labute approximate surface area is 170 Å². The van der Waals surface area contributed by atoms with Gasteiger partial charge in [0.15, 0.2) is 5.69 Å². The molecule has 29 heavy (non-hydrogen) atoms. The molecule has 0 radical (unpaired) electrons. The monoisotopic (exact) mass is 422 g/mol. The minimum Gasteiger partial charge on any atom is -0.352 e. The van der Waals surface area contributed by atoms with Gasteiger partial charge in [0.2, 0.25) is 0 Å². The Morgan fingerprint density at radius 3 is 2.48 bits per heavy atom. The van der Waals surface area contributed by atoms with Gasteiger partial charge in [-0.15, -0.1) is 11.3 Å². The fourth-order valence-electron chi connectivity index (χ4n) is 2.96. The number of hydrogen-bond acceptors (Lipinski definition) is 4. The molecule has 1 amide bonds. The molecule has 0 atom stereocenters. The lowest BCUT2D eigenvalue weighted by Crippen LogP contribution is -2.28. The quantitative estimate of drug-likeness (QED) is 0.616. The first-order chi connectivity index (χ1) is 13.7. The Bertz CT molecular complexity index is 990. The first kappa shape index (κ1) is 21.0. The van der Waals surface area contributed by atoms with E-state index in [-0.39, 0.29) is 6.54 Å². The second-order valence-electron chi connectivity index (χ2n) is 6.90. The number of aryl methyl sites for hydroxylation is 1. The zero-order valence-electron chi connectivity index (χ0n) is 16.2. The highest BCUT2D eigenvalue weighted by Gasteiger charge is 2.40. The van der Waals surface area contributed by atoms with Crippen molar-refractivity contribution < 1.29 is 18.0 Å². The van der Waals surface area contributed by atoms with Crippen molar-refractivity contribution in [1.29, 1.82) is 0 Å². The summed E-state index contributed by atoms with van der Waals surface area (Å²) >= 11 is 1.58. The minimum absolute atomic E-state index is 0.220. The van der Waals surface area contributed by atoms with E-state index in [4.69, 9.17) is 0 Å². The van der Waals surface area contributed by atoms with Gasteiger partial charge in [-0.05, 0) is 32.8 Å². The zero-order chi connectivity index (χ0) is 21.2. The lowest BCUT2D eigenvalue weighted by Gasteiger charge is -2.15. The van der Waals surface area contributed by atoms with Gasteiger partial charge in [-0.25, -0.2) is 4.98 Å². The number of benzene rings is 1. The predicted molar refractivity (Wildman–Crippen MR) is 106 cm³/mol. The number of nitrogens with one attached hydrogen (secondary N) is 1. The van der Waals surface area contributed by atoms with E-state index in [1.165, 1.54) is 0 Å². The first-order valence-electron chi connectivity index (χ1n) is 9.11. The van der Waals surface area contributed by atoms with Gasteiger partial charge in [0, 0.05) is 23.5 Å². The van der Waals surface area contributed by atoms with Gasteiger partial charge < -0.3 is 5.32 Å². The Balaban J connectivity index is 1.63. The van der Waals surface area contributed by atoms with E-state index in [1.54, 1.807) is 25.2 Å². The third kappa shape index (κ3) is 4.84. The molecule has 0 aliphatic heterocycles. The van der Waals surface area contributed by atoms with Gasteiger partial charge in [-0.2, -0.15) is 18.3 Å². The topological polar surface area (TPSA) is 59.8 Å². The number of hydrogen-bond donors (Lipinski definition) is 1. The first-order valence-corrected chi connectivity index (χ1v) is 9.99. The molecular weight excluding hydrogens is 401 g/mol. The molecule has 2 aromatic heterocycles. The van der Waals surface area contributed by atoms with Crippen LogP contribution in [-0.2, 0) is 12.6 Å². The average Bonchev–Trinajstić information content (AvgIpc) is 3.28. The van der Waals surface area contributed by atoms with Crippen LogP contribution in [0.25, 0.3) is 11.3 Å². The number of carbonyl (C=O) groups excluding carboxylic acids is 1. The highest BCUT2D eigenvalue weighted by molar-refractivity contribution is 7.09. The lowest BCUT2D eigenvalue weighted by atomic mass is 10.1. The van der Waals surface area contributed by atoms with Crippen LogP contribution in [0.2, 0.25) is 0 Å². The van der Waals surface area contributed by atoms with Crippen LogP contribution in [0.1, 0.15) is 46.5 Å². The fourth-order valence-corrected chi connectivity index (χ4v) is 3.58. The van der Waals surface area contributed by atoms with E-state index in [9.17, 15) is 18.0 Å². The van der Waals surface area contributed by atoms with Crippen molar-refractivity contribution in [1.82, 2.24) is 20.1 Å². The number of nitrogens with zero attached hydrogens (tertiary/aromatic N) is 3. The summed E-state index contributed by atoms with van der Waals surface area (Å²) in [6.45, 7) is 5.33. The molecule has 0 spiro atoms. The summed E-state index contributed by atoms with van der Waals surface area (Å²) in [5.41, 5.74) is 1.40. The minimum atomic E-state index is -4.66. The Hall–Kier alpha value is -2.68. The van der Waals surface area contributed by atoms with Crippen LogP contribution in [0, 0.1) is 6.92 Å². The number of alkyl halides is 3. The van der Waals surface area contributed by atoms with Gasteiger partial charge in [-0.1, -0.05) is 24.3 Å². The maximum Gasteiger partial charge on any atom is 0.433 e. The van der Waals surface area contributed by atoms with E-state index >= 15 is 0 Å². The van der Waals surface area contributed by atoms with Gasteiger partial charge in [0.05, 0.1) is 22.5 Å². The van der Waals surface area contributed by atoms with E-state index in [0.29, 0.717) is 6.42 Å². The molecule has 3 rings (SSSR count). The van der Waals surface area contributed by atoms with Crippen molar-refractivity contribution in [3.05, 3.63) is 57.7 Å². The number of aromatic nitrogens is 3. The zero-order valence-corrected chi connectivity index (χ0v) is 17.1. The molecule has 0 aliphatic rings. The molecule has 2 heterocycles. The van der Waals surface area contributed by atoms with E-state index in [1.807, 2.05) is 36.6 Å². The Morgan fingerprint density at radius 2 is 1.93 bits per heavy atom. The number of halogens is 3. The summed E-state index contributed by atoms with van der Waals surface area (Å²) in [6.07, 6.45) is -3.18.